The molecule has 114 valence electrons. The van der Waals surface area contributed by atoms with Gasteiger partial charge < -0.3 is 9.15 Å². The van der Waals surface area contributed by atoms with Crippen LogP contribution in [0, 0.1) is 0 Å². The van der Waals surface area contributed by atoms with Crippen LogP contribution < -0.4 is 4.74 Å². The fraction of sp³-hybridized carbons (Fsp3) is 0.188. The number of benzene rings is 2. The molecule has 0 radical (unpaired) electrons. The number of aromatic nitrogens is 1. The molecule has 0 bridgehead atoms. The lowest BCUT2D eigenvalue weighted by Crippen LogP contribution is -2.04. The third kappa shape index (κ3) is 2.96. The summed E-state index contributed by atoms with van der Waals surface area (Å²) >= 11 is 0. The molecule has 1 aromatic heterocycles. The first-order chi connectivity index (χ1) is 10.4. The number of hydrogen-bond donors (Lipinski definition) is 0. The van der Waals surface area contributed by atoms with E-state index in [-0.39, 0.29) is 11.0 Å². The Morgan fingerprint density at radius 1 is 1.09 bits per heavy atom. The minimum absolute atomic E-state index is 0.259. The standard InChI is InChI=1S/C16H15NO4S/c1-11(16-17-14-5-3-4-6-15(14)21-16)20-12-7-9-13(10-8-12)22(2,18)19/h3-11H,1-2H3. The summed E-state index contributed by atoms with van der Waals surface area (Å²) in [5.41, 5.74) is 1.49. The highest BCUT2D eigenvalue weighted by Crippen LogP contribution is 2.25. The van der Waals surface area contributed by atoms with Gasteiger partial charge in [0.1, 0.15) is 11.3 Å². The van der Waals surface area contributed by atoms with Crippen molar-refractivity contribution in [3.05, 3.63) is 54.4 Å². The molecule has 3 aromatic rings. The van der Waals surface area contributed by atoms with Gasteiger partial charge in [-0.2, -0.15) is 0 Å². The Labute approximate surface area is 128 Å². The lowest BCUT2D eigenvalue weighted by atomic mass is 10.3. The van der Waals surface area contributed by atoms with E-state index in [1.54, 1.807) is 12.1 Å². The van der Waals surface area contributed by atoms with E-state index < -0.39 is 9.84 Å². The third-order valence-corrected chi connectivity index (χ3v) is 4.35. The maximum Gasteiger partial charge on any atom is 0.236 e. The van der Waals surface area contributed by atoms with Gasteiger partial charge in [-0.3, -0.25) is 0 Å². The van der Waals surface area contributed by atoms with Crippen LogP contribution in [0.15, 0.2) is 57.8 Å². The van der Waals surface area contributed by atoms with Crippen molar-refractivity contribution in [2.24, 2.45) is 0 Å². The Morgan fingerprint density at radius 2 is 1.77 bits per heavy atom. The zero-order valence-electron chi connectivity index (χ0n) is 12.2. The van der Waals surface area contributed by atoms with Crippen molar-refractivity contribution in [1.82, 2.24) is 4.98 Å². The van der Waals surface area contributed by atoms with E-state index >= 15 is 0 Å². The quantitative estimate of drug-likeness (QED) is 0.738. The molecule has 3 rings (SSSR count). The Balaban J connectivity index is 1.80. The smallest absolute Gasteiger partial charge is 0.236 e. The first kappa shape index (κ1) is 14.6. The van der Waals surface area contributed by atoms with Crippen LogP contribution in [0.3, 0.4) is 0 Å². The van der Waals surface area contributed by atoms with Gasteiger partial charge in [-0.15, -0.1) is 0 Å². The van der Waals surface area contributed by atoms with Crippen LogP contribution in [-0.2, 0) is 9.84 Å². The molecule has 5 nitrogen and oxygen atoms in total. The summed E-state index contributed by atoms with van der Waals surface area (Å²) in [6.45, 7) is 1.83. The molecule has 0 spiro atoms. The average molecular weight is 317 g/mol. The Morgan fingerprint density at radius 3 is 2.41 bits per heavy atom. The van der Waals surface area contributed by atoms with E-state index in [1.807, 2.05) is 31.2 Å². The molecule has 0 fully saturated rings. The van der Waals surface area contributed by atoms with Crippen LogP contribution in [0.25, 0.3) is 11.1 Å². The second-order valence-electron chi connectivity index (χ2n) is 5.02. The van der Waals surface area contributed by atoms with Gasteiger partial charge in [-0.1, -0.05) is 12.1 Å². The van der Waals surface area contributed by atoms with E-state index in [4.69, 9.17) is 9.15 Å². The zero-order valence-corrected chi connectivity index (χ0v) is 13.0. The Bertz CT molecular complexity index is 864. The van der Waals surface area contributed by atoms with Crippen molar-refractivity contribution in [3.63, 3.8) is 0 Å². The van der Waals surface area contributed by atoms with Gasteiger partial charge in [-0.05, 0) is 43.3 Å². The van der Waals surface area contributed by atoms with E-state index in [0.29, 0.717) is 17.2 Å². The molecule has 22 heavy (non-hydrogen) atoms. The first-order valence-corrected chi connectivity index (χ1v) is 8.65. The fourth-order valence-corrected chi connectivity index (χ4v) is 2.71. The number of ether oxygens (including phenoxy) is 1. The van der Waals surface area contributed by atoms with Crippen molar-refractivity contribution >= 4 is 20.9 Å². The van der Waals surface area contributed by atoms with Gasteiger partial charge in [0.05, 0.1) is 4.90 Å². The normalized spacial score (nSPS) is 13.2. The lowest BCUT2D eigenvalue weighted by molar-refractivity contribution is 0.191. The Hall–Kier alpha value is -2.34. The van der Waals surface area contributed by atoms with Gasteiger partial charge >= 0.3 is 0 Å². The van der Waals surface area contributed by atoms with Crippen LogP contribution in [0.2, 0.25) is 0 Å². The molecule has 1 unspecified atom stereocenters. The first-order valence-electron chi connectivity index (χ1n) is 6.76. The van der Waals surface area contributed by atoms with Crippen LogP contribution in [0.5, 0.6) is 5.75 Å². The lowest BCUT2D eigenvalue weighted by Gasteiger charge is -2.11. The number of nitrogens with zero attached hydrogens (tertiary/aromatic N) is 1. The predicted octanol–water partition coefficient (Wildman–Crippen LogP) is 3.37. The van der Waals surface area contributed by atoms with Gasteiger partial charge in [-0.25, -0.2) is 13.4 Å². The van der Waals surface area contributed by atoms with E-state index in [1.165, 1.54) is 18.4 Å². The summed E-state index contributed by atoms with van der Waals surface area (Å²) in [6.07, 6.45) is 0.792. The summed E-state index contributed by atoms with van der Waals surface area (Å²) in [7, 11) is -3.20. The molecule has 0 amide bonds. The average Bonchev–Trinajstić information content (AvgIpc) is 2.91. The highest BCUT2D eigenvalue weighted by atomic mass is 32.2. The number of fused-ring (bicyclic) bond motifs is 1. The molecule has 6 heteroatoms. The molecule has 0 aliphatic rings. The van der Waals surface area contributed by atoms with Crippen molar-refractivity contribution < 1.29 is 17.6 Å². The highest BCUT2D eigenvalue weighted by molar-refractivity contribution is 7.90. The number of hydrogen-bond acceptors (Lipinski definition) is 5. The second kappa shape index (κ2) is 5.46. The van der Waals surface area contributed by atoms with E-state index in [0.717, 1.165) is 5.52 Å². The molecule has 0 N–H and O–H groups in total. The van der Waals surface area contributed by atoms with Crippen LogP contribution in [0.1, 0.15) is 18.9 Å². The maximum atomic E-state index is 11.4. The zero-order chi connectivity index (χ0) is 15.7. The summed E-state index contributed by atoms with van der Waals surface area (Å²) in [5, 5.41) is 0. The van der Waals surface area contributed by atoms with Gasteiger partial charge in [0.2, 0.25) is 5.89 Å². The van der Waals surface area contributed by atoms with Gasteiger partial charge in [0.25, 0.3) is 0 Å². The third-order valence-electron chi connectivity index (χ3n) is 3.22. The number of para-hydroxylation sites is 2. The molecule has 0 aliphatic carbocycles. The van der Waals surface area contributed by atoms with Crippen molar-refractivity contribution in [3.8, 4) is 5.75 Å². The predicted molar refractivity (Wildman–Crippen MR) is 82.6 cm³/mol. The maximum absolute atomic E-state index is 11.4. The summed E-state index contributed by atoms with van der Waals surface area (Å²) in [4.78, 5) is 4.64. The van der Waals surface area contributed by atoms with Crippen molar-refractivity contribution in [1.29, 1.82) is 0 Å². The van der Waals surface area contributed by atoms with Crippen molar-refractivity contribution in [2.75, 3.05) is 6.26 Å². The Kier molecular flexibility index (Phi) is 3.62. The van der Waals surface area contributed by atoms with Crippen molar-refractivity contribution in [2.45, 2.75) is 17.9 Å². The second-order valence-corrected chi connectivity index (χ2v) is 7.04. The van der Waals surface area contributed by atoms with Crippen LogP contribution in [-0.4, -0.2) is 19.7 Å². The molecule has 0 aliphatic heterocycles. The molecule has 2 aromatic carbocycles. The molecule has 0 saturated carbocycles. The number of oxazole rings is 1. The minimum Gasteiger partial charge on any atom is -0.481 e. The summed E-state index contributed by atoms with van der Waals surface area (Å²) in [5.74, 6) is 1.04. The van der Waals surface area contributed by atoms with Crippen LogP contribution >= 0.6 is 0 Å². The molecular formula is C16H15NO4S. The van der Waals surface area contributed by atoms with Gasteiger partial charge in [0, 0.05) is 6.26 Å². The SMILES string of the molecule is CC(Oc1ccc(S(C)(=O)=O)cc1)c1nc2ccccc2o1. The molecular weight excluding hydrogens is 302 g/mol. The topological polar surface area (TPSA) is 69.4 Å². The van der Waals surface area contributed by atoms with E-state index in [9.17, 15) is 8.42 Å². The molecule has 0 saturated heterocycles. The monoisotopic (exact) mass is 317 g/mol. The number of rotatable bonds is 4. The molecule has 1 atom stereocenters. The van der Waals surface area contributed by atoms with E-state index in [2.05, 4.69) is 4.98 Å². The summed E-state index contributed by atoms with van der Waals surface area (Å²) in [6, 6.07) is 13.8. The number of sulfone groups is 1. The fourth-order valence-electron chi connectivity index (χ4n) is 2.08. The summed E-state index contributed by atoms with van der Waals surface area (Å²) < 4.78 is 34.2. The molecule has 1 heterocycles. The van der Waals surface area contributed by atoms with Crippen LogP contribution in [0.4, 0.5) is 0 Å². The van der Waals surface area contributed by atoms with Gasteiger partial charge in [0.15, 0.2) is 21.5 Å². The minimum atomic E-state index is -3.20. The highest BCUT2D eigenvalue weighted by Gasteiger charge is 2.15. The largest absolute Gasteiger partial charge is 0.481 e.